The second kappa shape index (κ2) is 9.87. The van der Waals surface area contributed by atoms with Gasteiger partial charge in [-0.1, -0.05) is 58.3 Å². The van der Waals surface area contributed by atoms with Gasteiger partial charge in [0.25, 0.3) is 0 Å². The predicted octanol–water partition coefficient (Wildman–Crippen LogP) is 6.36. The van der Waals surface area contributed by atoms with Gasteiger partial charge >= 0.3 is 0 Å². The van der Waals surface area contributed by atoms with Gasteiger partial charge in [-0.05, 0) is 56.3 Å². The summed E-state index contributed by atoms with van der Waals surface area (Å²) in [5.74, 6) is 3.15. The maximum Gasteiger partial charge on any atom is 0.0571 e. The molecule has 2 rings (SSSR count). The van der Waals surface area contributed by atoms with Crippen molar-refractivity contribution in [1.82, 2.24) is 0 Å². The van der Waals surface area contributed by atoms with E-state index in [-0.39, 0.29) is 0 Å². The van der Waals surface area contributed by atoms with Crippen LogP contribution in [0.4, 0.5) is 0 Å². The molecular weight excluding hydrogens is 256 g/mol. The first-order valence-corrected chi connectivity index (χ1v) is 9.86. The zero-order valence-electron chi connectivity index (χ0n) is 14.6. The molecule has 0 heterocycles. The molecule has 124 valence electrons. The molecule has 0 bridgehead atoms. The standard InChI is InChI=1S/C20H38O/c1-3-4-5-6-7-8-17-9-11-18(12-10-17)19-13-15-20(21-2)16-14-19/h17-20H,3-16H2,1-2H3/t17?,18?,19-,20-. The number of unbranched alkanes of at least 4 members (excludes halogenated alkanes) is 4. The summed E-state index contributed by atoms with van der Waals surface area (Å²) in [5, 5.41) is 0. The zero-order valence-corrected chi connectivity index (χ0v) is 14.6. The molecule has 0 amide bonds. The van der Waals surface area contributed by atoms with E-state index in [4.69, 9.17) is 4.74 Å². The molecule has 2 aliphatic rings. The molecule has 0 aromatic heterocycles. The Labute approximate surface area is 133 Å². The summed E-state index contributed by atoms with van der Waals surface area (Å²) >= 11 is 0. The lowest BCUT2D eigenvalue weighted by Gasteiger charge is -2.37. The molecule has 0 aliphatic heterocycles. The molecule has 0 aromatic rings. The molecule has 2 fully saturated rings. The van der Waals surface area contributed by atoms with Gasteiger partial charge in [0.05, 0.1) is 6.10 Å². The monoisotopic (exact) mass is 294 g/mol. The lowest BCUT2D eigenvalue weighted by molar-refractivity contribution is 0.0391. The SMILES string of the molecule is CCCCCCCC1CCC([C@H]2CC[C@H](OC)CC2)CC1. The largest absolute Gasteiger partial charge is 0.381 e. The van der Waals surface area contributed by atoms with Gasteiger partial charge in [-0.15, -0.1) is 0 Å². The predicted molar refractivity (Wildman–Crippen MR) is 91.6 cm³/mol. The molecule has 0 N–H and O–H groups in total. The van der Waals surface area contributed by atoms with E-state index in [1.54, 1.807) is 0 Å². The van der Waals surface area contributed by atoms with Crippen LogP contribution in [0.5, 0.6) is 0 Å². The van der Waals surface area contributed by atoms with E-state index in [9.17, 15) is 0 Å². The van der Waals surface area contributed by atoms with E-state index >= 15 is 0 Å². The summed E-state index contributed by atoms with van der Waals surface area (Å²) in [5.41, 5.74) is 0. The highest BCUT2D eigenvalue weighted by molar-refractivity contribution is 4.82. The number of methoxy groups -OCH3 is 1. The molecule has 2 aliphatic carbocycles. The van der Waals surface area contributed by atoms with Crippen molar-refractivity contribution in [3.63, 3.8) is 0 Å². The first-order valence-electron chi connectivity index (χ1n) is 9.86. The Bertz CT molecular complexity index is 247. The smallest absolute Gasteiger partial charge is 0.0571 e. The van der Waals surface area contributed by atoms with Gasteiger partial charge in [-0.2, -0.15) is 0 Å². The van der Waals surface area contributed by atoms with Crippen molar-refractivity contribution >= 4 is 0 Å². The van der Waals surface area contributed by atoms with Crippen LogP contribution in [0.25, 0.3) is 0 Å². The topological polar surface area (TPSA) is 9.23 Å². The molecule has 1 heteroatoms. The first-order chi connectivity index (χ1) is 10.3. The highest BCUT2D eigenvalue weighted by atomic mass is 16.5. The van der Waals surface area contributed by atoms with Crippen molar-refractivity contribution in [2.75, 3.05) is 7.11 Å². The van der Waals surface area contributed by atoms with E-state index in [2.05, 4.69) is 6.92 Å². The normalized spacial score (nSPS) is 34.0. The average Bonchev–Trinajstić information content (AvgIpc) is 2.55. The van der Waals surface area contributed by atoms with Gasteiger partial charge < -0.3 is 4.74 Å². The molecular formula is C20H38O. The van der Waals surface area contributed by atoms with Crippen molar-refractivity contribution in [2.24, 2.45) is 17.8 Å². The van der Waals surface area contributed by atoms with Crippen LogP contribution in [0.1, 0.15) is 96.8 Å². The Morgan fingerprint density at radius 2 is 1.29 bits per heavy atom. The van der Waals surface area contributed by atoms with Crippen molar-refractivity contribution in [2.45, 2.75) is 103 Å². The third kappa shape index (κ3) is 5.93. The maximum atomic E-state index is 5.52. The molecule has 0 aromatic carbocycles. The highest BCUT2D eigenvalue weighted by Crippen LogP contribution is 2.41. The maximum absolute atomic E-state index is 5.52. The number of ether oxygens (including phenoxy) is 1. The molecule has 0 spiro atoms. The van der Waals surface area contributed by atoms with Gasteiger partial charge in [0.15, 0.2) is 0 Å². The van der Waals surface area contributed by atoms with Crippen LogP contribution in [-0.2, 0) is 4.74 Å². The number of hydrogen-bond acceptors (Lipinski definition) is 1. The van der Waals surface area contributed by atoms with E-state index in [1.807, 2.05) is 7.11 Å². The number of hydrogen-bond donors (Lipinski definition) is 0. The van der Waals surface area contributed by atoms with Crippen molar-refractivity contribution in [1.29, 1.82) is 0 Å². The molecule has 21 heavy (non-hydrogen) atoms. The Hall–Kier alpha value is -0.0400. The summed E-state index contributed by atoms with van der Waals surface area (Å²) in [6, 6.07) is 0. The number of rotatable bonds is 8. The lowest BCUT2D eigenvalue weighted by atomic mass is 9.70. The Morgan fingerprint density at radius 1 is 0.714 bits per heavy atom. The van der Waals surface area contributed by atoms with Gasteiger partial charge in [-0.25, -0.2) is 0 Å². The van der Waals surface area contributed by atoms with Crippen molar-refractivity contribution in [3.05, 3.63) is 0 Å². The summed E-state index contributed by atoms with van der Waals surface area (Å²) < 4.78 is 5.52. The minimum atomic E-state index is 0.570. The lowest BCUT2D eigenvalue weighted by Crippen LogP contribution is -2.28. The second-order valence-electron chi connectivity index (χ2n) is 7.76. The molecule has 0 radical (unpaired) electrons. The third-order valence-corrected chi connectivity index (χ3v) is 6.33. The van der Waals surface area contributed by atoms with Crippen LogP contribution in [0.15, 0.2) is 0 Å². The van der Waals surface area contributed by atoms with Crippen LogP contribution in [-0.4, -0.2) is 13.2 Å². The summed E-state index contributed by atoms with van der Waals surface area (Å²) in [7, 11) is 1.89. The van der Waals surface area contributed by atoms with Crippen LogP contribution < -0.4 is 0 Å². The van der Waals surface area contributed by atoms with Gasteiger partial charge in [0.2, 0.25) is 0 Å². The summed E-state index contributed by atoms with van der Waals surface area (Å²) in [6.45, 7) is 2.31. The average molecular weight is 295 g/mol. The fourth-order valence-electron chi connectivity index (χ4n) is 4.78. The minimum Gasteiger partial charge on any atom is -0.381 e. The Balaban J connectivity index is 1.56. The Kier molecular flexibility index (Phi) is 8.14. The van der Waals surface area contributed by atoms with Crippen molar-refractivity contribution in [3.8, 4) is 0 Å². The zero-order chi connectivity index (χ0) is 14.9. The fourth-order valence-corrected chi connectivity index (χ4v) is 4.78. The third-order valence-electron chi connectivity index (χ3n) is 6.33. The Morgan fingerprint density at radius 3 is 1.86 bits per heavy atom. The van der Waals surface area contributed by atoms with E-state index in [0.29, 0.717) is 6.10 Å². The second-order valence-corrected chi connectivity index (χ2v) is 7.76. The minimum absolute atomic E-state index is 0.570. The molecule has 0 saturated heterocycles. The van der Waals surface area contributed by atoms with Gasteiger partial charge in [-0.3, -0.25) is 0 Å². The van der Waals surface area contributed by atoms with E-state index < -0.39 is 0 Å². The quantitative estimate of drug-likeness (QED) is 0.473. The van der Waals surface area contributed by atoms with Crippen molar-refractivity contribution < 1.29 is 4.74 Å². The van der Waals surface area contributed by atoms with Crippen LogP contribution in [0.3, 0.4) is 0 Å². The van der Waals surface area contributed by atoms with Crippen LogP contribution >= 0.6 is 0 Å². The summed E-state index contributed by atoms with van der Waals surface area (Å²) in [4.78, 5) is 0. The van der Waals surface area contributed by atoms with Crippen LogP contribution in [0, 0.1) is 17.8 Å². The van der Waals surface area contributed by atoms with Gasteiger partial charge in [0.1, 0.15) is 0 Å². The summed E-state index contributed by atoms with van der Waals surface area (Å²) in [6.07, 6.45) is 21.0. The highest BCUT2D eigenvalue weighted by Gasteiger charge is 2.30. The molecule has 1 nitrogen and oxygen atoms in total. The van der Waals surface area contributed by atoms with E-state index in [0.717, 1.165) is 17.8 Å². The fraction of sp³-hybridized carbons (Fsp3) is 1.00. The van der Waals surface area contributed by atoms with Crippen LogP contribution in [0.2, 0.25) is 0 Å². The first kappa shape index (κ1) is 17.3. The van der Waals surface area contributed by atoms with Gasteiger partial charge in [0, 0.05) is 7.11 Å². The molecule has 0 unspecified atom stereocenters. The molecule has 0 atom stereocenters. The van der Waals surface area contributed by atoms with E-state index in [1.165, 1.54) is 89.9 Å². The molecule has 2 saturated carbocycles.